The normalized spacial score (nSPS) is 11.0. The van der Waals surface area contributed by atoms with Crippen LogP contribution >= 0.6 is 0 Å². The van der Waals surface area contributed by atoms with E-state index >= 15 is 0 Å². The maximum atomic E-state index is 4.89. The topological polar surface area (TPSA) is 34.0 Å². The molecule has 1 aromatic heterocycles. The predicted octanol–water partition coefficient (Wildman–Crippen LogP) is 7.13. The molecule has 0 saturated carbocycles. The van der Waals surface area contributed by atoms with Gasteiger partial charge in [0, 0.05) is 29.2 Å². The standard InChI is InChI=1S/C27H20N4.CH4/c1-30(19-9-3-2-4-10-19)20-15-17-21(18-16-20)31-28-26-24-13-7-5-11-22(24)23-12-6-8-14-25(23)27(26)29-31;/h2-18H,1H3;1H4. The van der Waals surface area contributed by atoms with E-state index in [1.54, 1.807) is 4.80 Å². The van der Waals surface area contributed by atoms with Crippen molar-refractivity contribution in [3.63, 3.8) is 0 Å². The van der Waals surface area contributed by atoms with Crippen LogP contribution in [0.15, 0.2) is 103 Å². The SMILES string of the molecule is C.CN(c1ccccc1)c1ccc(-n2nc3c4ccccc4c4ccccc4c3n2)cc1. The van der Waals surface area contributed by atoms with Crippen LogP contribution in [0.25, 0.3) is 38.3 Å². The van der Waals surface area contributed by atoms with Gasteiger partial charge < -0.3 is 4.90 Å². The van der Waals surface area contributed by atoms with Crippen molar-refractivity contribution < 1.29 is 0 Å². The molecule has 1 heterocycles. The van der Waals surface area contributed by atoms with Gasteiger partial charge in [0.15, 0.2) is 0 Å². The number of fused-ring (bicyclic) bond motifs is 6. The van der Waals surface area contributed by atoms with Crippen LogP contribution < -0.4 is 4.90 Å². The molecule has 0 fully saturated rings. The van der Waals surface area contributed by atoms with E-state index in [0.717, 1.165) is 38.9 Å². The molecule has 0 N–H and O–H groups in total. The second-order valence-electron chi connectivity index (χ2n) is 7.69. The van der Waals surface area contributed by atoms with Crippen LogP contribution in [0.3, 0.4) is 0 Å². The molecule has 4 nitrogen and oxygen atoms in total. The van der Waals surface area contributed by atoms with Crippen LogP contribution in [-0.2, 0) is 0 Å². The summed E-state index contributed by atoms with van der Waals surface area (Å²) in [6, 6.07) is 35.5. The lowest BCUT2D eigenvalue weighted by atomic mass is 10.0. The molecule has 0 atom stereocenters. The van der Waals surface area contributed by atoms with Gasteiger partial charge in [-0.1, -0.05) is 74.2 Å². The fourth-order valence-electron chi connectivity index (χ4n) is 4.24. The van der Waals surface area contributed by atoms with Gasteiger partial charge in [0.05, 0.1) is 5.69 Å². The minimum Gasteiger partial charge on any atom is -0.345 e. The summed E-state index contributed by atoms with van der Waals surface area (Å²) in [5, 5.41) is 14.4. The summed E-state index contributed by atoms with van der Waals surface area (Å²) >= 11 is 0. The van der Waals surface area contributed by atoms with Gasteiger partial charge in [-0.25, -0.2) is 0 Å². The second kappa shape index (κ2) is 7.82. The van der Waals surface area contributed by atoms with Crippen molar-refractivity contribution in [2.75, 3.05) is 11.9 Å². The zero-order valence-corrected chi connectivity index (χ0v) is 17.1. The van der Waals surface area contributed by atoms with E-state index < -0.39 is 0 Å². The Morgan fingerprint density at radius 3 is 1.50 bits per heavy atom. The van der Waals surface area contributed by atoms with Crippen molar-refractivity contribution in [3.05, 3.63) is 103 Å². The number of nitrogens with zero attached hydrogens (tertiary/aromatic N) is 4. The van der Waals surface area contributed by atoms with Gasteiger partial charge in [0.1, 0.15) is 11.0 Å². The van der Waals surface area contributed by atoms with Crippen molar-refractivity contribution in [1.29, 1.82) is 0 Å². The average Bonchev–Trinajstić information content (AvgIpc) is 3.30. The van der Waals surface area contributed by atoms with Gasteiger partial charge in [-0.15, -0.1) is 10.2 Å². The van der Waals surface area contributed by atoms with Gasteiger partial charge in [0.2, 0.25) is 0 Å². The molecule has 0 saturated heterocycles. The molecule has 0 bridgehead atoms. The van der Waals surface area contributed by atoms with Gasteiger partial charge in [-0.2, -0.15) is 4.80 Å². The van der Waals surface area contributed by atoms with Crippen molar-refractivity contribution >= 4 is 44.0 Å². The van der Waals surface area contributed by atoms with E-state index in [1.165, 1.54) is 10.8 Å². The predicted molar refractivity (Wildman–Crippen MR) is 135 cm³/mol. The van der Waals surface area contributed by atoms with E-state index in [4.69, 9.17) is 10.2 Å². The van der Waals surface area contributed by atoms with Crippen molar-refractivity contribution in [2.24, 2.45) is 0 Å². The lowest BCUT2D eigenvalue weighted by Gasteiger charge is -2.19. The largest absolute Gasteiger partial charge is 0.345 e. The molecule has 0 amide bonds. The Kier molecular flexibility index (Phi) is 4.83. The van der Waals surface area contributed by atoms with E-state index in [1.807, 2.05) is 18.2 Å². The maximum absolute atomic E-state index is 4.89. The molecule has 0 unspecified atom stereocenters. The minimum absolute atomic E-state index is 0. The van der Waals surface area contributed by atoms with Crippen LogP contribution in [0.5, 0.6) is 0 Å². The molecule has 32 heavy (non-hydrogen) atoms. The quantitative estimate of drug-likeness (QED) is 0.288. The van der Waals surface area contributed by atoms with Crippen molar-refractivity contribution in [3.8, 4) is 5.69 Å². The van der Waals surface area contributed by atoms with Gasteiger partial charge in [-0.05, 0) is 47.2 Å². The minimum atomic E-state index is 0. The summed E-state index contributed by atoms with van der Waals surface area (Å²) in [4.78, 5) is 3.91. The highest BCUT2D eigenvalue weighted by Crippen LogP contribution is 2.33. The van der Waals surface area contributed by atoms with Crippen molar-refractivity contribution in [2.45, 2.75) is 7.43 Å². The highest BCUT2D eigenvalue weighted by molar-refractivity contribution is 6.22. The third-order valence-electron chi connectivity index (χ3n) is 5.88. The first-order valence-electron chi connectivity index (χ1n) is 10.4. The first kappa shape index (κ1) is 19.8. The molecular weight excluding hydrogens is 392 g/mol. The molecule has 0 aliphatic rings. The first-order chi connectivity index (χ1) is 15.3. The Morgan fingerprint density at radius 1 is 0.531 bits per heavy atom. The molecular formula is C28H24N4. The van der Waals surface area contributed by atoms with E-state index in [9.17, 15) is 0 Å². The zero-order chi connectivity index (χ0) is 20.8. The number of para-hydroxylation sites is 1. The number of rotatable bonds is 3. The van der Waals surface area contributed by atoms with Gasteiger partial charge in [-0.3, -0.25) is 0 Å². The smallest absolute Gasteiger partial charge is 0.122 e. The van der Waals surface area contributed by atoms with E-state index in [-0.39, 0.29) is 7.43 Å². The monoisotopic (exact) mass is 416 g/mol. The maximum Gasteiger partial charge on any atom is 0.122 e. The molecule has 5 aromatic carbocycles. The van der Waals surface area contributed by atoms with Crippen LogP contribution in [0.1, 0.15) is 7.43 Å². The number of hydrogen-bond donors (Lipinski definition) is 0. The first-order valence-corrected chi connectivity index (χ1v) is 10.4. The Bertz CT molecular complexity index is 1460. The van der Waals surface area contributed by atoms with Crippen LogP contribution in [0.4, 0.5) is 11.4 Å². The fourth-order valence-corrected chi connectivity index (χ4v) is 4.24. The fraction of sp³-hybridized carbons (Fsp3) is 0.0714. The number of anilines is 2. The molecule has 4 heteroatoms. The molecule has 0 aliphatic heterocycles. The number of aromatic nitrogens is 3. The van der Waals surface area contributed by atoms with E-state index in [2.05, 4.69) is 96.9 Å². The lowest BCUT2D eigenvalue weighted by Crippen LogP contribution is -2.09. The van der Waals surface area contributed by atoms with Gasteiger partial charge >= 0.3 is 0 Å². The lowest BCUT2D eigenvalue weighted by molar-refractivity contribution is 0.766. The third-order valence-corrected chi connectivity index (χ3v) is 5.88. The molecule has 6 aromatic rings. The van der Waals surface area contributed by atoms with Crippen molar-refractivity contribution in [1.82, 2.24) is 15.0 Å². The van der Waals surface area contributed by atoms with Crippen LogP contribution in [-0.4, -0.2) is 22.0 Å². The Hall–Kier alpha value is -4.18. The molecule has 0 aliphatic carbocycles. The molecule has 6 rings (SSSR count). The van der Waals surface area contributed by atoms with Crippen LogP contribution in [0.2, 0.25) is 0 Å². The summed E-state index contributed by atoms with van der Waals surface area (Å²) in [6.45, 7) is 0. The van der Waals surface area contributed by atoms with Crippen LogP contribution in [0, 0.1) is 0 Å². The Balaban J connectivity index is 0.00000216. The number of hydrogen-bond acceptors (Lipinski definition) is 3. The summed E-state index contributed by atoms with van der Waals surface area (Å²) in [7, 11) is 2.07. The Labute approximate surface area is 187 Å². The summed E-state index contributed by atoms with van der Waals surface area (Å²) in [6.07, 6.45) is 0. The molecule has 0 radical (unpaired) electrons. The summed E-state index contributed by atoms with van der Waals surface area (Å²) < 4.78 is 0. The summed E-state index contributed by atoms with van der Waals surface area (Å²) in [5.41, 5.74) is 5.06. The van der Waals surface area contributed by atoms with Gasteiger partial charge in [0.25, 0.3) is 0 Å². The summed E-state index contributed by atoms with van der Waals surface area (Å²) in [5.74, 6) is 0. The highest BCUT2D eigenvalue weighted by Gasteiger charge is 2.14. The molecule has 0 spiro atoms. The Morgan fingerprint density at radius 2 is 0.969 bits per heavy atom. The molecule has 156 valence electrons. The second-order valence-corrected chi connectivity index (χ2v) is 7.69. The average molecular weight is 417 g/mol. The third kappa shape index (κ3) is 3.08. The van der Waals surface area contributed by atoms with E-state index in [0.29, 0.717) is 0 Å². The highest BCUT2D eigenvalue weighted by atomic mass is 15.5. The zero-order valence-electron chi connectivity index (χ0n) is 17.1. The number of benzene rings is 5.